The molecule has 20 heavy (non-hydrogen) atoms. The molecule has 0 saturated carbocycles. The number of ether oxygens (including phenoxy) is 1. The molecule has 0 aliphatic rings. The van der Waals surface area contributed by atoms with Crippen LogP contribution < -0.4 is 20.7 Å². The molecular formula is C14H24N4O2. The minimum Gasteiger partial charge on any atom is -0.476 e. The highest BCUT2D eigenvalue weighted by Gasteiger charge is 2.11. The predicted octanol–water partition coefficient (Wildman–Crippen LogP) is 1.27. The molecular weight excluding hydrogens is 256 g/mol. The van der Waals surface area contributed by atoms with Gasteiger partial charge >= 0.3 is 0 Å². The van der Waals surface area contributed by atoms with Crippen LogP contribution in [0.2, 0.25) is 0 Å². The van der Waals surface area contributed by atoms with E-state index < -0.39 is 0 Å². The molecule has 0 spiro atoms. The van der Waals surface area contributed by atoms with E-state index >= 15 is 0 Å². The molecule has 1 aromatic heterocycles. The van der Waals surface area contributed by atoms with E-state index in [0.717, 1.165) is 0 Å². The molecule has 0 bridgehead atoms. The Kier molecular flexibility index (Phi) is 6.09. The molecule has 0 aliphatic heterocycles. The maximum Gasteiger partial charge on any atom is 0.239 e. The minimum absolute atomic E-state index is 0.0298. The highest BCUT2D eigenvalue weighted by Crippen LogP contribution is 2.22. The molecule has 3 N–H and O–H groups in total. The van der Waals surface area contributed by atoms with Gasteiger partial charge in [0.15, 0.2) is 0 Å². The topological polar surface area (TPSA) is 80.5 Å². The van der Waals surface area contributed by atoms with Crippen molar-refractivity contribution in [3.63, 3.8) is 0 Å². The zero-order valence-corrected chi connectivity index (χ0v) is 12.6. The number of nitrogen functional groups attached to an aromatic ring is 1. The van der Waals surface area contributed by atoms with Gasteiger partial charge in [-0.3, -0.25) is 4.79 Å². The van der Waals surface area contributed by atoms with Gasteiger partial charge < -0.3 is 20.7 Å². The van der Waals surface area contributed by atoms with Gasteiger partial charge in [0.1, 0.15) is 5.82 Å². The molecule has 1 amide bonds. The first-order valence-electron chi connectivity index (χ1n) is 6.81. The Labute approximate surface area is 120 Å². The third kappa shape index (κ3) is 4.95. The number of amides is 1. The summed E-state index contributed by atoms with van der Waals surface area (Å²) in [5, 5.41) is 2.87. The van der Waals surface area contributed by atoms with Crippen molar-refractivity contribution in [2.24, 2.45) is 5.92 Å². The second-order valence-corrected chi connectivity index (χ2v) is 5.05. The Morgan fingerprint density at radius 1 is 1.50 bits per heavy atom. The fraction of sp³-hybridized carbons (Fsp3) is 0.571. The van der Waals surface area contributed by atoms with E-state index in [4.69, 9.17) is 10.5 Å². The summed E-state index contributed by atoms with van der Waals surface area (Å²) in [5.74, 6) is 1.46. The monoisotopic (exact) mass is 280 g/mol. The fourth-order valence-electron chi connectivity index (χ4n) is 1.58. The normalized spacial score (nSPS) is 10.4. The lowest BCUT2D eigenvalue weighted by Gasteiger charge is -2.19. The van der Waals surface area contributed by atoms with Gasteiger partial charge in [0.2, 0.25) is 11.8 Å². The predicted molar refractivity (Wildman–Crippen MR) is 80.9 cm³/mol. The molecule has 0 aliphatic carbocycles. The van der Waals surface area contributed by atoms with Crippen molar-refractivity contribution in [2.45, 2.75) is 20.8 Å². The highest BCUT2D eigenvalue weighted by atomic mass is 16.5. The first kappa shape index (κ1) is 16.1. The van der Waals surface area contributed by atoms with Gasteiger partial charge in [-0.2, -0.15) is 4.98 Å². The van der Waals surface area contributed by atoms with Gasteiger partial charge in [0.25, 0.3) is 0 Å². The quantitative estimate of drug-likeness (QED) is 0.786. The van der Waals surface area contributed by atoms with Crippen LogP contribution in [0.15, 0.2) is 12.1 Å². The summed E-state index contributed by atoms with van der Waals surface area (Å²) in [6.07, 6.45) is 0. The number of nitrogens with one attached hydrogen (secondary N) is 1. The molecule has 0 unspecified atom stereocenters. The number of rotatable bonds is 7. The Bertz CT molecular complexity index is 449. The van der Waals surface area contributed by atoms with Gasteiger partial charge in [-0.25, -0.2) is 0 Å². The molecule has 6 heteroatoms. The summed E-state index contributed by atoms with van der Waals surface area (Å²) >= 11 is 0. The van der Waals surface area contributed by atoms with Crippen LogP contribution >= 0.6 is 0 Å². The maximum absolute atomic E-state index is 11.8. The second kappa shape index (κ2) is 7.57. The highest BCUT2D eigenvalue weighted by molar-refractivity contribution is 5.81. The van der Waals surface area contributed by atoms with Crippen LogP contribution in [0.5, 0.6) is 5.88 Å². The molecule has 0 radical (unpaired) electrons. The Balaban J connectivity index is 2.65. The minimum atomic E-state index is -0.0298. The SMILES string of the molecule is CCOc1nc(N(C)CC(=O)NCC(C)C)ccc1N. The summed E-state index contributed by atoms with van der Waals surface area (Å²) in [4.78, 5) is 17.8. The molecule has 1 rings (SSSR count). The van der Waals surface area contributed by atoms with Crippen molar-refractivity contribution in [3.8, 4) is 5.88 Å². The van der Waals surface area contributed by atoms with E-state index in [0.29, 0.717) is 36.5 Å². The van der Waals surface area contributed by atoms with Crippen molar-refractivity contribution >= 4 is 17.4 Å². The first-order chi connectivity index (χ1) is 9.43. The maximum atomic E-state index is 11.8. The number of carbonyl (C=O) groups excluding carboxylic acids is 1. The average molecular weight is 280 g/mol. The van der Waals surface area contributed by atoms with Crippen LogP contribution in [-0.2, 0) is 4.79 Å². The van der Waals surface area contributed by atoms with Gasteiger partial charge in [0, 0.05) is 13.6 Å². The molecule has 1 heterocycles. The van der Waals surface area contributed by atoms with E-state index in [1.165, 1.54) is 0 Å². The number of carbonyl (C=O) groups is 1. The standard InChI is InChI=1S/C14H24N4O2/c1-5-20-14-11(15)6-7-12(17-14)18(4)9-13(19)16-8-10(2)3/h6-7,10H,5,8-9,15H2,1-4H3,(H,16,19). The molecule has 112 valence electrons. The van der Waals surface area contributed by atoms with E-state index in [-0.39, 0.29) is 12.5 Å². The van der Waals surface area contributed by atoms with Crippen molar-refractivity contribution in [1.82, 2.24) is 10.3 Å². The third-order valence-electron chi connectivity index (χ3n) is 2.64. The Morgan fingerprint density at radius 3 is 2.80 bits per heavy atom. The Hall–Kier alpha value is -1.98. The van der Waals surface area contributed by atoms with Crippen LogP contribution in [0, 0.1) is 5.92 Å². The third-order valence-corrected chi connectivity index (χ3v) is 2.64. The van der Waals surface area contributed by atoms with Crippen LogP contribution in [0.1, 0.15) is 20.8 Å². The van der Waals surface area contributed by atoms with Crippen molar-refractivity contribution in [2.75, 3.05) is 37.4 Å². The van der Waals surface area contributed by atoms with Crippen LogP contribution in [0.3, 0.4) is 0 Å². The van der Waals surface area contributed by atoms with Crippen molar-refractivity contribution in [3.05, 3.63) is 12.1 Å². The molecule has 0 aromatic carbocycles. The number of hydrogen-bond acceptors (Lipinski definition) is 5. The number of nitrogens with zero attached hydrogens (tertiary/aromatic N) is 2. The van der Waals surface area contributed by atoms with Crippen LogP contribution in [0.4, 0.5) is 11.5 Å². The van der Waals surface area contributed by atoms with E-state index in [2.05, 4.69) is 24.1 Å². The summed E-state index contributed by atoms with van der Waals surface area (Å²) in [6.45, 7) is 7.40. The lowest BCUT2D eigenvalue weighted by atomic mass is 10.2. The smallest absolute Gasteiger partial charge is 0.239 e. The number of hydrogen-bond donors (Lipinski definition) is 2. The van der Waals surface area contributed by atoms with Gasteiger partial charge in [-0.05, 0) is 25.0 Å². The van der Waals surface area contributed by atoms with Gasteiger partial charge in [-0.1, -0.05) is 13.8 Å². The summed E-state index contributed by atoms with van der Waals surface area (Å²) in [5.41, 5.74) is 6.27. The van der Waals surface area contributed by atoms with E-state index in [1.54, 1.807) is 17.0 Å². The van der Waals surface area contributed by atoms with Crippen molar-refractivity contribution in [1.29, 1.82) is 0 Å². The van der Waals surface area contributed by atoms with Crippen LogP contribution in [0.25, 0.3) is 0 Å². The average Bonchev–Trinajstić information content (AvgIpc) is 2.39. The number of aromatic nitrogens is 1. The van der Waals surface area contributed by atoms with Gasteiger partial charge in [-0.15, -0.1) is 0 Å². The number of likely N-dealkylation sites (N-methyl/N-ethyl adjacent to an activating group) is 1. The fourth-order valence-corrected chi connectivity index (χ4v) is 1.58. The number of pyridine rings is 1. The molecule has 1 aromatic rings. The summed E-state index contributed by atoms with van der Waals surface area (Å²) in [6, 6.07) is 3.50. The van der Waals surface area contributed by atoms with Crippen molar-refractivity contribution < 1.29 is 9.53 Å². The zero-order chi connectivity index (χ0) is 15.1. The Morgan fingerprint density at radius 2 is 2.20 bits per heavy atom. The van der Waals surface area contributed by atoms with E-state index in [1.807, 2.05) is 14.0 Å². The summed E-state index contributed by atoms with van der Waals surface area (Å²) in [7, 11) is 1.81. The second-order valence-electron chi connectivity index (χ2n) is 5.05. The molecule has 0 atom stereocenters. The number of anilines is 2. The van der Waals surface area contributed by atoms with Crippen LogP contribution in [-0.4, -0.2) is 37.6 Å². The lowest BCUT2D eigenvalue weighted by Crippen LogP contribution is -2.37. The molecule has 0 fully saturated rings. The van der Waals surface area contributed by atoms with Gasteiger partial charge in [0.05, 0.1) is 18.8 Å². The number of nitrogens with two attached hydrogens (primary N) is 1. The summed E-state index contributed by atoms with van der Waals surface area (Å²) < 4.78 is 5.35. The first-order valence-corrected chi connectivity index (χ1v) is 6.81. The zero-order valence-electron chi connectivity index (χ0n) is 12.6. The molecule has 6 nitrogen and oxygen atoms in total. The van der Waals surface area contributed by atoms with E-state index in [9.17, 15) is 4.79 Å². The molecule has 0 saturated heterocycles. The largest absolute Gasteiger partial charge is 0.476 e. The lowest BCUT2D eigenvalue weighted by molar-refractivity contribution is -0.119.